The Balaban J connectivity index is 1.77. The Hall–Kier alpha value is -2.65. The Morgan fingerprint density at radius 3 is 2.50 bits per heavy atom. The molecule has 9 heteroatoms. The van der Waals surface area contributed by atoms with E-state index < -0.39 is 35.1 Å². The quantitative estimate of drug-likeness (QED) is 0.528. The van der Waals surface area contributed by atoms with Gasteiger partial charge >= 0.3 is 0 Å². The van der Waals surface area contributed by atoms with Crippen LogP contribution in [0.15, 0.2) is 24.3 Å². The number of nitrogens with one attached hydrogen (secondary N) is 2. The number of hydrogen-bond acceptors (Lipinski definition) is 6. The van der Waals surface area contributed by atoms with Crippen LogP contribution in [-0.4, -0.2) is 71.8 Å². The Kier molecular flexibility index (Phi) is 6.37. The largest absolute Gasteiger partial charge is 0.497 e. The number of benzene rings is 1. The number of nitrogens with zero attached hydrogens (tertiary/aromatic N) is 1. The predicted octanol–water partition coefficient (Wildman–Crippen LogP) is 1.55. The Bertz CT molecular complexity index is 968. The Morgan fingerprint density at radius 1 is 1.26 bits per heavy atom. The average molecular weight is 474 g/mol. The zero-order valence-electron chi connectivity index (χ0n) is 20.5. The third-order valence-corrected chi connectivity index (χ3v) is 8.19. The van der Waals surface area contributed by atoms with E-state index in [-0.39, 0.29) is 30.2 Å². The number of rotatable bonds is 8. The van der Waals surface area contributed by atoms with E-state index in [1.807, 2.05) is 20.8 Å². The van der Waals surface area contributed by atoms with Crippen LogP contribution >= 0.6 is 0 Å². The first-order valence-corrected chi connectivity index (χ1v) is 12.0. The molecule has 1 spiro atoms. The fourth-order valence-corrected chi connectivity index (χ4v) is 6.28. The molecule has 2 bridgehead atoms. The average Bonchev–Trinajstić information content (AvgIpc) is 3.40. The van der Waals surface area contributed by atoms with Gasteiger partial charge in [-0.25, -0.2) is 0 Å². The summed E-state index contributed by atoms with van der Waals surface area (Å²) in [6, 6.07) is 5.41. The van der Waals surface area contributed by atoms with Crippen LogP contribution in [0.25, 0.3) is 0 Å². The highest BCUT2D eigenvalue weighted by molar-refractivity contribution is 6.03. The molecule has 0 saturated carbocycles. The summed E-state index contributed by atoms with van der Waals surface area (Å²) >= 11 is 0. The van der Waals surface area contributed by atoms with Crippen molar-refractivity contribution >= 4 is 23.4 Å². The minimum absolute atomic E-state index is 0.0494. The number of aliphatic hydroxyl groups excluding tert-OH is 1. The molecule has 1 aromatic rings. The summed E-state index contributed by atoms with van der Waals surface area (Å²) in [5, 5.41) is 15.9. The summed E-state index contributed by atoms with van der Waals surface area (Å²) in [6.07, 6.45) is 1.78. The number of aliphatic hydroxyl groups is 1. The van der Waals surface area contributed by atoms with E-state index in [2.05, 4.69) is 10.6 Å². The van der Waals surface area contributed by atoms with Gasteiger partial charge in [-0.2, -0.15) is 0 Å². The van der Waals surface area contributed by atoms with E-state index in [1.54, 1.807) is 38.4 Å². The topological polar surface area (TPSA) is 117 Å². The van der Waals surface area contributed by atoms with Crippen LogP contribution in [0.5, 0.6) is 5.75 Å². The smallest absolute Gasteiger partial charge is 0.250 e. The summed E-state index contributed by atoms with van der Waals surface area (Å²) in [7, 11) is 3.11. The van der Waals surface area contributed by atoms with Gasteiger partial charge < -0.3 is 30.1 Å². The molecule has 0 aliphatic carbocycles. The van der Waals surface area contributed by atoms with Gasteiger partial charge in [0, 0.05) is 12.7 Å². The van der Waals surface area contributed by atoms with Gasteiger partial charge in [-0.15, -0.1) is 0 Å². The van der Waals surface area contributed by atoms with Gasteiger partial charge in [0.2, 0.25) is 17.7 Å². The molecule has 3 saturated heterocycles. The molecule has 3 aliphatic rings. The molecule has 4 rings (SSSR count). The molecule has 34 heavy (non-hydrogen) atoms. The first-order chi connectivity index (χ1) is 16.2. The minimum Gasteiger partial charge on any atom is -0.497 e. The van der Waals surface area contributed by atoms with Gasteiger partial charge in [0.1, 0.15) is 17.4 Å². The van der Waals surface area contributed by atoms with Gasteiger partial charge in [-0.05, 0) is 49.9 Å². The predicted molar refractivity (Wildman–Crippen MR) is 125 cm³/mol. The van der Waals surface area contributed by atoms with Crippen molar-refractivity contribution in [3.63, 3.8) is 0 Å². The second-order valence-corrected chi connectivity index (χ2v) is 9.94. The highest BCUT2D eigenvalue weighted by atomic mass is 16.5. The van der Waals surface area contributed by atoms with Crippen molar-refractivity contribution in [2.75, 3.05) is 26.1 Å². The first kappa shape index (κ1) is 24.5. The molecule has 1 aromatic carbocycles. The normalized spacial score (nSPS) is 33.4. The van der Waals surface area contributed by atoms with E-state index in [1.165, 1.54) is 4.90 Å². The number of likely N-dealkylation sites (tertiary alicyclic amines) is 1. The summed E-state index contributed by atoms with van der Waals surface area (Å²) in [6.45, 7) is 5.51. The highest BCUT2D eigenvalue weighted by Crippen LogP contribution is 2.63. The molecular formula is C25H35N3O6. The van der Waals surface area contributed by atoms with Crippen molar-refractivity contribution in [1.82, 2.24) is 10.2 Å². The van der Waals surface area contributed by atoms with E-state index in [9.17, 15) is 19.5 Å². The summed E-state index contributed by atoms with van der Waals surface area (Å²) in [4.78, 5) is 42.3. The molecule has 3 heterocycles. The van der Waals surface area contributed by atoms with Crippen LogP contribution in [0.3, 0.4) is 0 Å². The second-order valence-electron chi connectivity index (χ2n) is 9.94. The first-order valence-electron chi connectivity index (χ1n) is 12.0. The van der Waals surface area contributed by atoms with Crippen molar-refractivity contribution in [2.45, 2.75) is 63.3 Å². The lowest BCUT2D eigenvalue weighted by molar-refractivity contribution is -0.149. The molecular weight excluding hydrogens is 438 g/mol. The number of hydrogen-bond donors (Lipinski definition) is 3. The van der Waals surface area contributed by atoms with Crippen molar-refractivity contribution < 1.29 is 29.0 Å². The van der Waals surface area contributed by atoms with Crippen molar-refractivity contribution in [3.8, 4) is 5.75 Å². The SMILES string of the molecule is CC[C@H](C)[C@H](CO)N1C(=O)[C@@H]2[C@H](C(=O)NC)[C@]3(C)CCC2(O3)C1C(=O)Nc1ccc(OC)cc1. The molecule has 7 atom stereocenters. The van der Waals surface area contributed by atoms with E-state index >= 15 is 0 Å². The monoisotopic (exact) mass is 473 g/mol. The summed E-state index contributed by atoms with van der Waals surface area (Å²) in [5.74, 6) is -1.82. The number of amides is 3. The van der Waals surface area contributed by atoms with Crippen LogP contribution in [0, 0.1) is 17.8 Å². The molecule has 3 aliphatic heterocycles. The molecule has 3 amide bonds. The van der Waals surface area contributed by atoms with Gasteiger partial charge in [-0.1, -0.05) is 20.3 Å². The maximum atomic E-state index is 14.0. The zero-order chi connectivity index (χ0) is 24.8. The lowest BCUT2D eigenvalue weighted by Crippen LogP contribution is -2.57. The molecule has 186 valence electrons. The van der Waals surface area contributed by atoms with Gasteiger partial charge in [0.15, 0.2) is 0 Å². The number of ether oxygens (including phenoxy) is 2. The molecule has 2 unspecified atom stereocenters. The maximum absolute atomic E-state index is 14.0. The van der Waals surface area contributed by atoms with Crippen LogP contribution in [0.4, 0.5) is 5.69 Å². The van der Waals surface area contributed by atoms with Crippen molar-refractivity contribution in [1.29, 1.82) is 0 Å². The lowest BCUT2D eigenvalue weighted by Gasteiger charge is -2.39. The van der Waals surface area contributed by atoms with Crippen molar-refractivity contribution in [3.05, 3.63) is 24.3 Å². The van der Waals surface area contributed by atoms with E-state index in [0.29, 0.717) is 24.3 Å². The lowest BCUT2D eigenvalue weighted by atomic mass is 9.66. The van der Waals surface area contributed by atoms with Gasteiger partial charge in [0.25, 0.3) is 0 Å². The zero-order valence-corrected chi connectivity index (χ0v) is 20.5. The molecule has 9 nitrogen and oxygen atoms in total. The number of carbonyl (C=O) groups is 3. The van der Waals surface area contributed by atoms with E-state index in [4.69, 9.17) is 9.47 Å². The van der Waals surface area contributed by atoms with Crippen molar-refractivity contribution in [2.24, 2.45) is 17.8 Å². The highest BCUT2D eigenvalue weighted by Gasteiger charge is 2.78. The number of carbonyl (C=O) groups excluding carboxylic acids is 3. The fourth-order valence-electron chi connectivity index (χ4n) is 6.28. The van der Waals surface area contributed by atoms with Crippen LogP contribution in [0.2, 0.25) is 0 Å². The fraction of sp³-hybridized carbons (Fsp3) is 0.640. The minimum atomic E-state index is -1.12. The summed E-state index contributed by atoms with van der Waals surface area (Å²) in [5.41, 5.74) is -1.39. The van der Waals surface area contributed by atoms with Crippen LogP contribution < -0.4 is 15.4 Å². The number of methoxy groups -OCH3 is 1. The summed E-state index contributed by atoms with van der Waals surface area (Å²) < 4.78 is 11.7. The Morgan fingerprint density at radius 2 is 1.94 bits per heavy atom. The Labute approximate surface area is 200 Å². The van der Waals surface area contributed by atoms with Gasteiger partial charge in [-0.3, -0.25) is 14.4 Å². The second kappa shape index (κ2) is 8.85. The van der Waals surface area contributed by atoms with Crippen LogP contribution in [0.1, 0.15) is 40.0 Å². The molecule has 3 N–H and O–H groups in total. The van der Waals surface area contributed by atoms with Gasteiger partial charge in [0.05, 0.1) is 37.2 Å². The van der Waals surface area contributed by atoms with Crippen LogP contribution in [-0.2, 0) is 19.1 Å². The molecule has 3 fully saturated rings. The third kappa shape index (κ3) is 3.48. The molecule has 0 aromatic heterocycles. The third-order valence-electron chi connectivity index (χ3n) is 8.19. The standard InChI is InChI=1S/C25H35N3O6/c1-6-14(2)17(13-29)28-20(22(31)27-15-7-9-16(33-5)10-8-15)25-12-11-24(3,34-25)18(21(30)26-4)19(25)23(28)32/h7-10,14,17-20,29H,6,11-13H2,1-5H3,(H,26,30)(H,27,31)/t14-,17-,18+,19-,20?,24-,25?/m0/s1. The number of fused-ring (bicyclic) bond motifs is 1. The maximum Gasteiger partial charge on any atom is 0.250 e. The number of anilines is 1. The van der Waals surface area contributed by atoms with E-state index in [0.717, 1.165) is 6.42 Å². The molecule has 0 radical (unpaired) electrons.